The minimum absolute atomic E-state index is 0.113. The molecular weight excluding hydrogens is 293 g/mol. The zero-order chi connectivity index (χ0) is 12.7. The van der Waals surface area contributed by atoms with Crippen molar-refractivity contribution in [2.24, 2.45) is 0 Å². The lowest BCUT2D eigenvalue weighted by atomic mass is 10.1. The van der Waals surface area contributed by atoms with Gasteiger partial charge in [0, 0.05) is 0 Å². The van der Waals surface area contributed by atoms with E-state index in [9.17, 15) is 18.8 Å². The van der Waals surface area contributed by atoms with Crippen LogP contribution < -0.4 is 4.90 Å². The third-order valence-corrected chi connectivity index (χ3v) is 3.00. The molecule has 0 radical (unpaired) electrons. The lowest BCUT2D eigenvalue weighted by Crippen LogP contribution is -2.33. The van der Waals surface area contributed by atoms with Crippen molar-refractivity contribution in [1.82, 2.24) is 0 Å². The van der Waals surface area contributed by atoms with Crippen LogP contribution in [0.25, 0.3) is 0 Å². The smallest absolute Gasteiger partial charge is 0.298 e. The second-order valence-corrected chi connectivity index (χ2v) is 4.56. The van der Waals surface area contributed by atoms with Crippen molar-refractivity contribution in [2.45, 2.75) is 6.92 Å². The van der Waals surface area contributed by atoms with Crippen molar-refractivity contribution in [1.29, 1.82) is 0 Å². The van der Waals surface area contributed by atoms with Gasteiger partial charge in [0.05, 0.1) is 22.3 Å². The Kier molecular flexibility index (Phi) is 2.82. The molecular formula is C11H7BrFNO3. The van der Waals surface area contributed by atoms with Crippen LogP contribution in [0.2, 0.25) is 0 Å². The van der Waals surface area contributed by atoms with E-state index in [1.54, 1.807) is 0 Å². The molecule has 1 aliphatic rings. The zero-order valence-electron chi connectivity index (χ0n) is 8.79. The summed E-state index contributed by atoms with van der Waals surface area (Å²) in [6, 6.07) is 2.33. The molecule has 2 rings (SSSR count). The van der Waals surface area contributed by atoms with Gasteiger partial charge in [-0.25, -0.2) is 4.39 Å². The molecule has 0 aliphatic carbocycles. The monoisotopic (exact) mass is 299 g/mol. The van der Waals surface area contributed by atoms with Crippen LogP contribution in [-0.4, -0.2) is 24.0 Å². The molecule has 0 bridgehead atoms. The Morgan fingerprint density at radius 3 is 2.65 bits per heavy atom. The van der Waals surface area contributed by atoms with Gasteiger partial charge in [0.2, 0.25) is 0 Å². The summed E-state index contributed by atoms with van der Waals surface area (Å²) in [5, 5.41) is 0. The number of carbonyl (C=O) groups excluding carboxylic acids is 3. The summed E-state index contributed by atoms with van der Waals surface area (Å²) in [6.07, 6.45) is 0. The lowest BCUT2D eigenvalue weighted by Gasteiger charge is -2.14. The van der Waals surface area contributed by atoms with Gasteiger partial charge in [0.25, 0.3) is 11.7 Å². The van der Waals surface area contributed by atoms with E-state index in [-0.39, 0.29) is 28.1 Å². The van der Waals surface area contributed by atoms with Crippen molar-refractivity contribution in [3.05, 3.63) is 28.0 Å². The summed E-state index contributed by atoms with van der Waals surface area (Å²) < 4.78 is 13.5. The molecule has 4 nitrogen and oxygen atoms in total. The maximum absolute atomic E-state index is 13.4. The van der Waals surface area contributed by atoms with E-state index in [1.807, 2.05) is 0 Å². The topological polar surface area (TPSA) is 54.5 Å². The fraction of sp³-hybridized carbons (Fsp3) is 0.182. The van der Waals surface area contributed by atoms with E-state index in [1.165, 1.54) is 13.0 Å². The predicted octanol–water partition coefficient (Wildman–Crippen LogP) is 1.71. The second-order valence-electron chi connectivity index (χ2n) is 3.71. The van der Waals surface area contributed by atoms with Gasteiger partial charge in [-0.15, -0.1) is 0 Å². The number of ketones is 2. The molecule has 1 aromatic rings. The predicted molar refractivity (Wildman–Crippen MR) is 61.5 cm³/mol. The van der Waals surface area contributed by atoms with Crippen LogP contribution in [-0.2, 0) is 9.59 Å². The number of amides is 1. The fourth-order valence-electron chi connectivity index (χ4n) is 1.67. The van der Waals surface area contributed by atoms with Crippen molar-refractivity contribution >= 4 is 39.1 Å². The number of halogens is 2. The molecule has 1 heterocycles. The molecule has 0 saturated carbocycles. The van der Waals surface area contributed by atoms with Gasteiger partial charge in [-0.2, -0.15) is 0 Å². The van der Waals surface area contributed by atoms with Crippen molar-refractivity contribution in [2.75, 3.05) is 11.4 Å². The number of hydrogen-bond donors (Lipinski definition) is 0. The Bertz CT molecular complexity index is 556. The maximum Gasteiger partial charge on any atom is 0.299 e. The minimum Gasteiger partial charge on any atom is -0.298 e. The normalized spacial score (nSPS) is 14.2. The molecule has 6 heteroatoms. The Labute approximate surface area is 105 Å². The van der Waals surface area contributed by atoms with Crippen molar-refractivity contribution < 1.29 is 18.8 Å². The van der Waals surface area contributed by atoms with Crippen LogP contribution in [0, 0.1) is 5.82 Å². The lowest BCUT2D eigenvalue weighted by molar-refractivity contribution is -0.119. The minimum atomic E-state index is -0.798. The number of fused-ring (bicyclic) bond motifs is 1. The number of carbonyl (C=O) groups is 3. The van der Waals surface area contributed by atoms with Crippen molar-refractivity contribution in [3.63, 3.8) is 0 Å². The highest BCUT2D eigenvalue weighted by Gasteiger charge is 2.37. The number of anilines is 1. The molecule has 17 heavy (non-hydrogen) atoms. The first kappa shape index (κ1) is 11.9. The summed E-state index contributed by atoms with van der Waals surface area (Å²) in [7, 11) is 0. The molecule has 88 valence electrons. The third kappa shape index (κ3) is 1.88. The SMILES string of the molecule is CC(=O)CN1C(=O)C(=O)c2cc(Br)c(F)cc21. The van der Waals surface area contributed by atoms with Crippen LogP contribution in [0.1, 0.15) is 17.3 Å². The summed E-state index contributed by atoms with van der Waals surface area (Å²) in [4.78, 5) is 35.2. The van der Waals surface area contributed by atoms with E-state index in [0.29, 0.717) is 0 Å². The van der Waals surface area contributed by atoms with Gasteiger partial charge < -0.3 is 0 Å². The number of nitrogens with zero attached hydrogens (tertiary/aromatic N) is 1. The molecule has 0 aromatic heterocycles. The summed E-state index contributed by atoms with van der Waals surface area (Å²) in [5.74, 6) is -2.38. The van der Waals surface area contributed by atoms with Gasteiger partial charge in [-0.3, -0.25) is 19.3 Å². The zero-order valence-corrected chi connectivity index (χ0v) is 10.4. The Balaban J connectivity index is 2.56. The highest BCUT2D eigenvalue weighted by atomic mass is 79.9. The first-order valence-electron chi connectivity index (χ1n) is 4.76. The molecule has 1 amide bonds. The molecule has 0 spiro atoms. The molecule has 0 saturated heterocycles. The van der Waals surface area contributed by atoms with E-state index < -0.39 is 17.5 Å². The quantitative estimate of drug-likeness (QED) is 0.781. The van der Waals surface area contributed by atoms with Gasteiger partial charge in [0.15, 0.2) is 0 Å². The van der Waals surface area contributed by atoms with Gasteiger partial charge in [-0.05, 0) is 35.0 Å². The number of rotatable bonds is 2. The largest absolute Gasteiger partial charge is 0.299 e. The Hall–Kier alpha value is -1.56. The van der Waals surface area contributed by atoms with E-state index in [4.69, 9.17) is 0 Å². The van der Waals surface area contributed by atoms with E-state index in [0.717, 1.165) is 11.0 Å². The summed E-state index contributed by atoms with van der Waals surface area (Å²) >= 11 is 2.94. The maximum atomic E-state index is 13.4. The molecule has 0 unspecified atom stereocenters. The standard InChI is InChI=1S/C11H7BrFNO3/c1-5(15)4-14-9-3-8(13)7(12)2-6(9)10(16)11(14)17/h2-3H,4H2,1H3. The molecule has 0 N–H and O–H groups in total. The average Bonchev–Trinajstić information content (AvgIpc) is 2.45. The summed E-state index contributed by atoms with van der Waals surface area (Å²) in [5.41, 5.74) is 0.264. The van der Waals surface area contributed by atoms with Crippen molar-refractivity contribution in [3.8, 4) is 0 Å². The highest BCUT2D eigenvalue weighted by molar-refractivity contribution is 9.10. The van der Waals surface area contributed by atoms with Crippen LogP contribution in [0.15, 0.2) is 16.6 Å². The molecule has 0 fully saturated rings. The summed E-state index contributed by atoms with van der Waals surface area (Å²) in [6.45, 7) is 1.07. The van der Waals surface area contributed by atoms with Crippen LogP contribution in [0.4, 0.5) is 10.1 Å². The number of benzene rings is 1. The molecule has 1 aliphatic heterocycles. The fourth-order valence-corrected chi connectivity index (χ4v) is 2.01. The number of Topliss-reactive ketones (excluding diaryl/α,β-unsaturated/α-hetero) is 2. The Morgan fingerprint density at radius 1 is 1.41 bits per heavy atom. The third-order valence-electron chi connectivity index (χ3n) is 2.39. The Morgan fingerprint density at radius 2 is 2.06 bits per heavy atom. The van der Waals surface area contributed by atoms with E-state index in [2.05, 4.69) is 15.9 Å². The van der Waals surface area contributed by atoms with Gasteiger partial charge >= 0.3 is 0 Å². The first-order valence-corrected chi connectivity index (χ1v) is 5.56. The van der Waals surface area contributed by atoms with Crippen LogP contribution >= 0.6 is 15.9 Å². The highest BCUT2D eigenvalue weighted by Crippen LogP contribution is 2.33. The van der Waals surface area contributed by atoms with Crippen LogP contribution in [0.5, 0.6) is 0 Å². The van der Waals surface area contributed by atoms with Gasteiger partial charge in [0.1, 0.15) is 11.6 Å². The van der Waals surface area contributed by atoms with Crippen LogP contribution in [0.3, 0.4) is 0 Å². The second kappa shape index (κ2) is 4.03. The average molecular weight is 300 g/mol. The molecule has 1 aromatic carbocycles. The van der Waals surface area contributed by atoms with E-state index >= 15 is 0 Å². The van der Waals surface area contributed by atoms with Gasteiger partial charge in [-0.1, -0.05) is 0 Å². The number of hydrogen-bond acceptors (Lipinski definition) is 3. The molecule has 0 atom stereocenters. The first-order chi connectivity index (χ1) is 7.91.